The zero-order chi connectivity index (χ0) is 15.5. The molecule has 0 aliphatic carbocycles. The van der Waals surface area contributed by atoms with Crippen molar-refractivity contribution < 1.29 is 14.7 Å². The third-order valence-corrected chi connectivity index (χ3v) is 3.05. The summed E-state index contributed by atoms with van der Waals surface area (Å²) < 4.78 is 0. The average Bonchev–Trinajstić information content (AvgIpc) is 2.35. The Kier molecular flexibility index (Phi) is 4.51. The molecule has 20 heavy (non-hydrogen) atoms. The van der Waals surface area contributed by atoms with Crippen molar-refractivity contribution in [3.63, 3.8) is 0 Å². The molecule has 1 atom stereocenters. The molecule has 1 unspecified atom stereocenters. The topological polar surface area (TPSA) is 81.4 Å². The van der Waals surface area contributed by atoms with Crippen LogP contribution in [0.1, 0.15) is 26.3 Å². The highest BCUT2D eigenvalue weighted by molar-refractivity contribution is 6.06. The van der Waals surface area contributed by atoms with Gasteiger partial charge in [-0.1, -0.05) is 26.8 Å². The summed E-state index contributed by atoms with van der Waals surface area (Å²) in [5.41, 5.74) is 0.235. The molecule has 0 aliphatic rings. The number of aliphatic carboxylic acids is 1. The summed E-state index contributed by atoms with van der Waals surface area (Å²) in [4.78, 5) is 25.0. The number of amides is 1. The Bertz CT molecular complexity index is 567. The standard InChI is InChI=1S/C15H18N2O3/c1-15(2,3)12(14(19)20)13(18)17(4)11-7-5-6-10(8-11)9-16/h5-8,12H,1-4H3,(H,19,20). The summed E-state index contributed by atoms with van der Waals surface area (Å²) in [5.74, 6) is -2.79. The number of anilines is 1. The monoisotopic (exact) mass is 274 g/mol. The van der Waals surface area contributed by atoms with Crippen LogP contribution >= 0.6 is 0 Å². The van der Waals surface area contributed by atoms with Crippen LogP contribution in [0.2, 0.25) is 0 Å². The Morgan fingerprint density at radius 3 is 2.40 bits per heavy atom. The first kappa shape index (κ1) is 15.7. The molecule has 0 saturated heterocycles. The molecular weight excluding hydrogens is 256 g/mol. The van der Waals surface area contributed by atoms with Crippen LogP contribution in [0.15, 0.2) is 24.3 Å². The van der Waals surface area contributed by atoms with E-state index in [1.165, 1.54) is 11.9 Å². The van der Waals surface area contributed by atoms with Crippen LogP contribution in [0.5, 0.6) is 0 Å². The number of nitriles is 1. The lowest BCUT2D eigenvalue weighted by Gasteiger charge is -2.30. The molecule has 0 spiro atoms. The van der Waals surface area contributed by atoms with E-state index in [1.807, 2.05) is 6.07 Å². The fourth-order valence-electron chi connectivity index (χ4n) is 1.95. The van der Waals surface area contributed by atoms with Gasteiger partial charge in [-0.2, -0.15) is 5.26 Å². The summed E-state index contributed by atoms with van der Waals surface area (Å²) in [6.45, 7) is 5.13. The fourth-order valence-corrected chi connectivity index (χ4v) is 1.95. The van der Waals surface area contributed by atoms with Crippen molar-refractivity contribution in [2.45, 2.75) is 20.8 Å². The first-order valence-electron chi connectivity index (χ1n) is 6.19. The first-order valence-corrected chi connectivity index (χ1v) is 6.19. The van der Waals surface area contributed by atoms with Crippen LogP contribution in [0, 0.1) is 22.7 Å². The predicted octanol–water partition coefficient (Wildman–Crippen LogP) is 2.27. The van der Waals surface area contributed by atoms with E-state index in [1.54, 1.807) is 45.0 Å². The van der Waals surface area contributed by atoms with E-state index in [2.05, 4.69) is 0 Å². The number of carbonyl (C=O) groups excluding carboxylic acids is 1. The summed E-state index contributed by atoms with van der Waals surface area (Å²) in [6.07, 6.45) is 0. The Balaban J connectivity index is 3.12. The van der Waals surface area contributed by atoms with Gasteiger partial charge < -0.3 is 10.0 Å². The Hall–Kier alpha value is -2.35. The molecule has 1 N–H and O–H groups in total. The molecule has 106 valence electrons. The van der Waals surface area contributed by atoms with Crippen molar-refractivity contribution in [3.05, 3.63) is 29.8 Å². The van der Waals surface area contributed by atoms with Gasteiger partial charge in [0, 0.05) is 12.7 Å². The van der Waals surface area contributed by atoms with Gasteiger partial charge in [0.05, 0.1) is 11.6 Å². The van der Waals surface area contributed by atoms with Gasteiger partial charge in [-0.15, -0.1) is 0 Å². The molecule has 0 aromatic heterocycles. The fraction of sp³-hybridized carbons (Fsp3) is 0.400. The number of carbonyl (C=O) groups is 2. The maximum atomic E-state index is 12.4. The van der Waals surface area contributed by atoms with Gasteiger partial charge in [0.15, 0.2) is 0 Å². The van der Waals surface area contributed by atoms with Gasteiger partial charge >= 0.3 is 5.97 Å². The number of carboxylic acid groups (broad SMARTS) is 1. The maximum Gasteiger partial charge on any atom is 0.316 e. The predicted molar refractivity (Wildman–Crippen MR) is 75.1 cm³/mol. The van der Waals surface area contributed by atoms with E-state index in [0.29, 0.717) is 11.3 Å². The lowest BCUT2D eigenvalue weighted by molar-refractivity contribution is -0.150. The minimum atomic E-state index is -1.15. The SMILES string of the molecule is CN(C(=O)C(C(=O)O)C(C)(C)C)c1cccc(C#N)c1. The van der Waals surface area contributed by atoms with Crippen molar-refractivity contribution in [1.29, 1.82) is 5.26 Å². The third kappa shape index (κ3) is 3.35. The molecule has 0 aliphatic heterocycles. The zero-order valence-electron chi connectivity index (χ0n) is 12.0. The van der Waals surface area contributed by atoms with Gasteiger partial charge in [-0.05, 0) is 23.6 Å². The van der Waals surface area contributed by atoms with Gasteiger partial charge in [0.1, 0.15) is 5.92 Å². The van der Waals surface area contributed by atoms with E-state index in [0.717, 1.165) is 0 Å². The summed E-state index contributed by atoms with van der Waals surface area (Å²) in [6, 6.07) is 8.49. The summed E-state index contributed by atoms with van der Waals surface area (Å²) in [5, 5.41) is 18.1. The van der Waals surface area contributed by atoms with E-state index < -0.39 is 23.2 Å². The lowest BCUT2D eigenvalue weighted by Crippen LogP contribution is -2.43. The van der Waals surface area contributed by atoms with E-state index in [9.17, 15) is 14.7 Å². The Labute approximate surface area is 118 Å². The van der Waals surface area contributed by atoms with Crippen LogP contribution in [0.3, 0.4) is 0 Å². The molecule has 1 aromatic rings. The van der Waals surface area contributed by atoms with Gasteiger partial charge in [0.2, 0.25) is 5.91 Å². The van der Waals surface area contributed by atoms with Crippen LogP contribution < -0.4 is 4.90 Å². The minimum absolute atomic E-state index is 0.421. The number of carboxylic acids is 1. The highest BCUT2D eigenvalue weighted by atomic mass is 16.4. The normalized spacial score (nSPS) is 12.3. The molecule has 1 aromatic carbocycles. The number of benzene rings is 1. The quantitative estimate of drug-likeness (QED) is 0.857. The molecule has 0 fully saturated rings. The van der Waals surface area contributed by atoms with Crippen LogP contribution in [0.25, 0.3) is 0 Å². The second kappa shape index (κ2) is 5.74. The number of hydrogen-bond donors (Lipinski definition) is 1. The van der Waals surface area contributed by atoms with E-state index in [4.69, 9.17) is 5.26 Å². The Morgan fingerprint density at radius 1 is 1.35 bits per heavy atom. The van der Waals surface area contributed by atoms with E-state index >= 15 is 0 Å². The number of nitrogens with zero attached hydrogens (tertiary/aromatic N) is 2. The van der Waals surface area contributed by atoms with E-state index in [-0.39, 0.29) is 0 Å². The minimum Gasteiger partial charge on any atom is -0.481 e. The molecule has 0 heterocycles. The van der Waals surface area contributed by atoms with Crippen LogP contribution in [0.4, 0.5) is 5.69 Å². The lowest BCUT2D eigenvalue weighted by atomic mass is 9.80. The first-order chi connectivity index (χ1) is 9.18. The van der Waals surface area contributed by atoms with Gasteiger partial charge in [-0.3, -0.25) is 9.59 Å². The van der Waals surface area contributed by atoms with Crippen molar-refractivity contribution in [2.75, 3.05) is 11.9 Å². The Morgan fingerprint density at radius 2 is 1.95 bits per heavy atom. The summed E-state index contributed by atoms with van der Waals surface area (Å²) in [7, 11) is 1.51. The maximum absolute atomic E-state index is 12.4. The smallest absolute Gasteiger partial charge is 0.316 e. The number of hydrogen-bond acceptors (Lipinski definition) is 3. The van der Waals surface area contributed by atoms with Crippen molar-refractivity contribution in [3.8, 4) is 6.07 Å². The largest absolute Gasteiger partial charge is 0.481 e. The zero-order valence-corrected chi connectivity index (χ0v) is 12.0. The van der Waals surface area contributed by atoms with Crippen molar-refractivity contribution in [1.82, 2.24) is 0 Å². The second-order valence-electron chi connectivity index (χ2n) is 5.70. The van der Waals surface area contributed by atoms with Crippen molar-refractivity contribution >= 4 is 17.6 Å². The third-order valence-electron chi connectivity index (χ3n) is 3.05. The molecular formula is C15H18N2O3. The van der Waals surface area contributed by atoms with Crippen molar-refractivity contribution in [2.24, 2.45) is 11.3 Å². The second-order valence-corrected chi connectivity index (χ2v) is 5.70. The highest BCUT2D eigenvalue weighted by Gasteiger charge is 2.39. The molecule has 5 heteroatoms. The molecule has 0 saturated carbocycles. The number of rotatable bonds is 3. The van der Waals surface area contributed by atoms with Gasteiger partial charge in [-0.25, -0.2) is 0 Å². The highest BCUT2D eigenvalue weighted by Crippen LogP contribution is 2.29. The molecule has 5 nitrogen and oxygen atoms in total. The van der Waals surface area contributed by atoms with Crippen LogP contribution in [-0.4, -0.2) is 24.0 Å². The molecule has 0 radical (unpaired) electrons. The van der Waals surface area contributed by atoms with Crippen LogP contribution in [-0.2, 0) is 9.59 Å². The molecule has 1 rings (SSSR count). The summed E-state index contributed by atoms with van der Waals surface area (Å²) >= 11 is 0. The average molecular weight is 274 g/mol. The van der Waals surface area contributed by atoms with Gasteiger partial charge in [0.25, 0.3) is 0 Å². The molecule has 0 bridgehead atoms. The molecule has 1 amide bonds.